The smallest absolute Gasteiger partial charge is 0.0795 e. The van der Waals surface area contributed by atoms with Crippen molar-refractivity contribution in [3.05, 3.63) is 53.6 Å². The van der Waals surface area contributed by atoms with Crippen LogP contribution in [0.2, 0.25) is 0 Å². The lowest BCUT2D eigenvalue weighted by atomic mass is 9.93. The lowest BCUT2D eigenvalue weighted by Crippen LogP contribution is -1.91. The zero-order valence-electron chi connectivity index (χ0n) is 7.33. The molecule has 3 rings (SSSR count). The molecule has 68 valence electrons. The van der Waals surface area contributed by atoms with Crippen molar-refractivity contribution in [1.82, 2.24) is 0 Å². The van der Waals surface area contributed by atoms with E-state index < -0.39 is 0 Å². The molecule has 0 unspecified atom stereocenters. The van der Waals surface area contributed by atoms with Gasteiger partial charge >= 0.3 is 0 Å². The summed E-state index contributed by atoms with van der Waals surface area (Å²) in [6.45, 7) is 0. The van der Waals surface area contributed by atoms with Crippen molar-refractivity contribution in [1.29, 1.82) is 0 Å². The average molecular weight is 180 g/mol. The van der Waals surface area contributed by atoms with E-state index in [2.05, 4.69) is 48.6 Å². The Balaban J connectivity index is 0.000000750. The normalized spacial score (nSPS) is 12.6. The van der Waals surface area contributed by atoms with E-state index in [0.717, 1.165) is 6.42 Å². The Morgan fingerprint density at radius 1 is 0.929 bits per heavy atom. The van der Waals surface area contributed by atoms with Crippen molar-refractivity contribution < 1.29 is 0 Å². The molecule has 14 heavy (non-hydrogen) atoms. The van der Waals surface area contributed by atoms with Crippen LogP contribution in [0.5, 0.6) is 0 Å². The minimum atomic E-state index is 0. The van der Waals surface area contributed by atoms with E-state index in [-0.39, 0.29) is 8.41 Å². The van der Waals surface area contributed by atoms with Crippen LogP contribution < -0.4 is 0 Å². The number of hydrogen-bond acceptors (Lipinski definition) is 0. The second kappa shape index (κ2) is 3.34. The van der Waals surface area contributed by atoms with Gasteiger partial charge in [0.2, 0.25) is 0 Å². The van der Waals surface area contributed by atoms with Crippen molar-refractivity contribution in [2.75, 3.05) is 0 Å². The number of rotatable bonds is 0. The van der Waals surface area contributed by atoms with E-state index in [0.29, 0.717) is 0 Å². The third-order valence-electron chi connectivity index (χ3n) is 2.66. The molecule has 0 amide bonds. The fourth-order valence-electron chi connectivity index (χ4n) is 2.07. The van der Waals surface area contributed by atoms with Crippen LogP contribution in [0.25, 0.3) is 16.8 Å². The Bertz CT molecular complexity index is 492. The Morgan fingerprint density at radius 2 is 1.71 bits per heavy atom. The van der Waals surface area contributed by atoms with Crippen molar-refractivity contribution >= 4 is 25.3 Å². The molecule has 0 heterocycles. The average Bonchev–Trinajstić information content (AvgIpc) is 2.19. The maximum Gasteiger partial charge on any atom is 0.0814 e. The van der Waals surface area contributed by atoms with Gasteiger partial charge in [0.05, 0.1) is 8.41 Å². The summed E-state index contributed by atoms with van der Waals surface area (Å²) in [6, 6.07) is 13.0. The third kappa shape index (κ3) is 1.17. The predicted octanol–water partition coefficient (Wildman–Crippen LogP) is 2.23. The highest BCUT2D eigenvalue weighted by Crippen LogP contribution is 2.27. The van der Waals surface area contributed by atoms with E-state index in [1.807, 2.05) is 0 Å². The first kappa shape index (κ1) is 9.08. The summed E-state index contributed by atoms with van der Waals surface area (Å²) >= 11 is 0. The van der Waals surface area contributed by atoms with Gasteiger partial charge in [-0.05, 0) is 28.3 Å². The van der Waals surface area contributed by atoms with E-state index in [1.165, 1.54) is 21.9 Å². The lowest BCUT2D eigenvalue weighted by molar-refractivity contribution is 1.29. The topological polar surface area (TPSA) is 0 Å². The van der Waals surface area contributed by atoms with E-state index in [9.17, 15) is 0 Å². The molecule has 0 bridgehead atoms. The van der Waals surface area contributed by atoms with Gasteiger partial charge in [0.25, 0.3) is 0 Å². The summed E-state index contributed by atoms with van der Waals surface area (Å²) in [5.74, 6) is 0. The fourth-order valence-corrected chi connectivity index (χ4v) is 2.07. The highest BCUT2D eigenvalue weighted by atomic mass is 14.1. The monoisotopic (exact) mass is 180 g/mol. The number of allylic oxidation sites excluding steroid dienone is 1. The molecule has 2 aromatic rings. The molecule has 1 heteroatoms. The Hall–Kier alpha value is -1.50. The van der Waals surface area contributed by atoms with Crippen LogP contribution in [-0.2, 0) is 6.42 Å². The molecule has 0 radical (unpaired) electrons. The number of hydrogen-bond donors (Lipinski definition) is 0. The summed E-state index contributed by atoms with van der Waals surface area (Å²) in [7, 11) is 0. The third-order valence-corrected chi connectivity index (χ3v) is 2.66. The molecular formula is C13H13B. The van der Waals surface area contributed by atoms with Gasteiger partial charge < -0.3 is 0 Å². The van der Waals surface area contributed by atoms with Crippen LogP contribution in [0.1, 0.15) is 11.1 Å². The molecule has 0 spiro atoms. The molecule has 1 aliphatic rings. The Morgan fingerprint density at radius 3 is 2.57 bits per heavy atom. The standard InChI is InChI=1S/C13H10.BH3/c1-4-10-6-2-8-12-9-3-7-11(5-1)13(10)12;/h1-8H,9H2;1H3. The molecule has 1 aliphatic carbocycles. The maximum absolute atomic E-state index is 2.23. The van der Waals surface area contributed by atoms with Crippen LogP contribution >= 0.6 is 0 Å². The minimum absolute atomic E-state index is 0. The van der Waals surface area contributed by atoms with Gasteiger partial charge in [-0.25, -0.2) is 0 Å². The van der Waals surface area contributed by atoms with Gasteiger partial charge in [0.15, 0.2) is 0 Å². The first-order valence-corrected chi connectivity index (χ1v) is 4.62. The van der Waals surface area contributed by atoms with Gasteiger partial charge in [0.1, 0.15) is 0 Å². The predicted molar refractivity (Wildman–Crippen MR) is 66.6 cm³/mol. The second-order valence-electron chi connectivity index (χ2n) is 3.47. The lowest BCUT2D eigenvalue weighted by Gasteiger charge is -2.11. The maximum atomic E-state index is 2.23. The molecule has 0 fully saturated rings. The van der Waals surface area contributed by atoms with E-state index in [1.54, 1.807) is 0 Å². The van der Waals surface area contributed by atoms with Gasteiger partial charge in [-0.1, -0.05) is 48.6 Å². The first-order valence-electron chi connectivity index (χ1n) is 4.62. The Labute approximate surface area is 85.8 Å². The minimum Gasteiger partial charge on any atom is -0.0795 e. The molecule has 2 aromatic carbocycles. The summed E-state index contributed by atoms with van der Waals surface area (Å²) in [6.07, 6.45) is 5.53. The molecular weight excluding hydrogens is 167 g/mol. The van der Waals surface area contributed by atoms with Gasteiger partial charge in [-0.3, -0.25) is 0 Å². The SMILES string of the molecule is B.C1=Cc2cccc3cccc(c23)C1. The van der Waals surface area contributed by atoms with Crippen molar-refractivity contribution in [2.24, 2.45) is 0 Å². The summed E-state index contributed by atoms with van der Waals surface area (Å²) in [4.78, 5) is 0. The van der Waals surface area contributed by atoms with Crippen LogP contribution in [0, 0.1) is 0 Å². The van der Waals surface area contributed by atoms with Gasteiger partial charge in [-0.15, -0.1) is 0 Å². The van der Waals surface area contributed by atoms with Crippen LogP contribution in [0.15, 0.2) is 42.5 Å². The van der Waals surface area contributed by atoms with Crippen LogP contribution in [-0.4, -0.2) is 8.41 Å². The van der Waals surface area contributed by atoms with Gasteiger partial charge in [0, 0.05) is 0 Å². The van der Waals surface area contributed by atoms with E-state index in [4.69, 9.17) is 0 Å². The molecule has 0 atom stereocenters. The van der Waals surface area contributed by atoms with Crippen molar-refractivity contribution in [2.45, 2.75) is 6.42 Å². The quantitative estimate of drug-likeness (QED) is 0.545. The second-order valence-corrected chi connectivity index (χ2v) is 3.47. The molecule has 0 saturated heterocycles. The first-order chi connectivity index (χ1) is 6.45. The number of benzene rings is 2. The highest BCUT2D eigenvalue weighted by Gasteiger charge is 2.06. The summed E-state index contributed by atoms with van der Waals surface area (Å²) < 4.78 is 0. The summed E-state index contributed by atoms with van der Waals surface area (Å²) in [5, 5.41) is 2.80. The summed E-state index contributed by atoms with van der Waals surface area (Å²) in [5.41, 5.74) is 2.81. The largest absolute Gasteiger partial charge is 0.0814 e. The molecule has 0 N–H and O–H groups in total. The van der Waals surface area contributed by atoms with Crippen LogP contribution in [0.4, 0.5) is 0 Å². The Kier molecular flexibility index (Phi) is 2.16. The molecule has 0 aliphatic heterocycles. The zero-order chi connectivity index (χ0) is 8.67. The van der Waals surface area contributed by atoms with E-state index >= 15 is 0 Å². The highest BCUT2D eigenvalue weighted by molar-refractivity contribution is 5.94. The zero-order valence-corrected chi connectivity index (χ0v) is 7.33. The van der Waals surface area contributed by atoms with Crippen molar-refractivity contribution in [3.8, 4) is 0 Å². The fraction of sp³-hybridized carbons (Fsp3) is 0.0769. The van der Waals surface area contributed by atoms with Gasteiger partial charge in [-0.2, -0.15) is 0 Å². The van der Waals surface area contributed by atoms with Crippen molar-refractivity contribution in [3.63, 3.8) is 0 Å². The molecule has 0 saturated carbocycles. The molecule has 0 aromatic heterocycles. The molecule has 0 nitrogen and oxygen atoms in total. The van der Waals surface area contributed by atoms with Crippen LogP contribution in [0.3, 0.4) is 0 Å².